The second-order valence-electron chi connectivity index (χ2n) is 5.31. The molecule has 0 spiro atoms. The quantitative estimate of drug-likeness (QED) is 0.842. The molecule has 20 heavy (non-hydrogen) atoms. The van der Waals surface area contributed by atoms with Gasteiger partial charge in [0.25, 0.3) is 0 Å². The maximum Gasteiger partial charge on any atom is 0.421 e. The van der Waals surface area contributed by atoms with Crippen LogP contribution in [0.15, 0.2) is 31.9 Å². The van der Waals surface area contributed by atoms with Crippen molar-refractivity contribution in [3.63, 3.8) is 0 Å². The van der Waals surface area contributed by atoms with Crippen LogP contribution < -0.4 is 5.76 Å². The third kappa shape index (κ3) is 2.55. The van der Waals surface area contributed by atoms with Crippen LogP contribution in [0.2, 0.25) is 0 Å². The summed E-state index contributed by atoms with van der Waals surface area (Å²) in [6, 6.07) is 5.93. The molecule has 0 aliphatic carbocycles. The minimum absolute atomic E-state index is 0.189. The van der Waals surface area contributed by atoms with Gasteiger partial charge in [0.05, 0.1) is 24.9 Å². The number of halogens is 1. The smallest absolute Gasteiger partial charge is 0.408 e. The van der Waals surface area contributed by atoms with Gasteiger partial charge in [-0.15, -0.1) is 0 Å². The predicted molar refractivity (Wildman–Crippen MR) is 79.8 cm³/mol. The van der Waals surface area contributed by atoms with Crippen LogP contribution in [0.1, 0.15) is 13.8 Å². The van der Waals surface area contributed by atoms with E-state index < -0.39 is 0 Å². The first-order chi connectivity index (χ1) is 9.54. The average molecular weight is 341 g/mol. The fraction of sp³-hybridized carbons (Fsp3) is 0.500. The zero-order chi connectivity index (χ0) is 14.3. The van der Waals surface area contributed by atoms with Gasteiger partial charge in [-0.05, 0) is 32.0 Å². The Morgan fingerprint density at radius 2 is 2.20 bits per heavy atom. The molecule has 0 bridgehead atoms. The zero-order valence-corrected chi connectivity index (χ0v) is 13.1. The molecule has 1 fully saturated rings. The molecule has 0 unspecified atom stereocenters. The summed E-state index contributed by atoms with van der Waals surface area (Å²) in [4.78, 5) is 14.3. The van der Waals surface area contributed by atoms with Crippen molar-refractivity contribution < 1.29 is 9.15 Å². The van der Waals surface area contributed by atoms with Crippen LogP contribution in [-0.2, 0) is 11.4 Å². The van der Waals surface area contributed by atoms with Gasteiger partial charge in [0, 0.05) is 17.1 Å². The highest BCUT2D eigenvalue weighted by Crippen LogP contribution is 2.20. The number of nitrogens with zero attached hydrogens (tertiary/aromatic N) is 2. The van der Waals surface area contributed by atoms with Crippen LogP contribution in [-0.4, -0.2) is 34.8 Å². The molecule has 2 atom stereocenters. The molecule has 1 aliphatic rings. The van der Waals surface area contributed by atoms with E-state index in [0.29, 0.717) is 24.9 Å². The third-order valence-electron chi connectivity index (χ3n) is 3.69. The second kappa shape index (κ2) is 5.35. The highest BCUT2D eigenvalue weighted by Gasteiger charge is 2.24. The lowest BCUT2D eigenvalue weighted by molar-refractivity contribution is -0.0610. The van der Waals surface area contributed by atoms with Crippen LogP contribution in [0.5, 0.6) is 0 Å². The summed E-state index contributed by atoms with van der Waals surface area (Å²) in [5.41, 5.74) is 1.43. The van der Waals surface area contributed by atoms with Crippen LogP contribution >= 0.6 is 15.9 Å². The van der Waals surface area contributed by atoms with Crippen LogP contribution in [0.25, 0.3) is 11.1 Å². The van der Waals surface area contributed by atoms with E-state index >= 15 is 0 Å². The number of ether oxygens (including phenoxy) is 1. The van der Waals surface area contributed by atoms with Gasteiger partial charge < -0.3 is 9.15 Å². The second-order valence-corrected chi connectivity index (χ2v) is 6.23. The lowest BCUT2D eigenvalue weighted by Crippen LogP contribution is -2.48. The Morgan fingerprint density at radius 3 is 3.00 bits per heavy atom. The molecular formula is C14H17BrN2O3. The highest BCUT2D eigenvalue weighted by atomic mass is 79.9. The maximum absolute atomic E-state index is 12.0. The van der Waals surface area contributed by atoms with Crippen LogP contribution in [0.4, 0.5) is 0 Å². The molecular weight excluding hydrogens is 324 g/mol. The summed E-state index contributed by atoms with van der Waals surface area (Å²) in [5, 5.41) is 0. The Hall–Kier alpha value is -1.11. The number of oxazole rings is 1. The van der Waals surface area contributed by atoms with Gasteiger partial charge in [0.2, 0.25) is 0 Å². The van der Waals surface area contributed by atoms with Crippen molar-refractivity contribution in [2.75, 3.05) is 13.2 Å². The standard InChI is InChI=1S/C14H17BrN2O3/c1-9-7-19-10(2)6-16(9)8-17-12-4-3-11(15)5-13(12)20-14(17)18/h3-5,9-10H,6-8H2,1-2H3/t9-,10-/m0/s1. The molecule has 5 nitrogen and oxygen atoms in total. The number of hydrogen-bond donors (Lipinski definition) is 0. The first-order valence-corrected chi connectivity index (χ1v) is 7.48. The van der Waals surface area contributed by atoms with Gasteiger partial charge in [-0.3, -0.25) is 9.47 Å². The van der Waals surface area contributed by atoms with Gasteiger partial charge >= 0.3 is 5.76 Å². The molecule has 0 amide bonds. The van der Waals surface area contributed by atoms with Crippen molar-refractivity contribution >= 4 is 27.0 Å². The van der Waals surface area contributed by atoms with Crippen molar-refractivity contribution in [3.8, 4) is 0 Å². The lowest BCUT2D eigenvalue weighted by Gasteiger charge is -2.36. The van der Waals surface area contributed by atoms with Crippen molar-refractivity contribution in [1.29, 1.82) is 0 Å². The molecule has 1 aromatic carbocycles. The number of rotatable bonds is 2. The number of hydrogen-bond acceptors (Lipinski definition) is 4. The molecule has 3 rings (SSSR count). The van der Waals surface area contributed by atoms with Crippen molar-refractivity contribution in [2.45, 2.75) is 32.7 Å². The van der Waals surface area contributed by atoms with Gasteiger partial charge in [-0.2, -0.15) is 0 Å². The van der Waals surface area contributed by atoms with E-state index in [4.69, 9.17) is 9.15 Å². The van der Waals surface area contributed by atoms with Crippen molar-refractivity contribution in [3.05, 3.63) is 33.2 Å². The van der Waals surface area contributed by atoms with E-state index in [0.717, 1.165) is 16.5 Å². The molecule has 2 heterocycles. The lowest BCUT2D eigenvalue weighted by atomic mass is 10.2. The minimum Gasteiger partial charge on any atom is -0.408 e. The Morgan fingerprint density at radius 1 is 1.40 bits per heavy atom. The normalized spacial score (nSPS) is 24.4. The van der Waals surface area contributed by atoms with E-state index in [-0.39, 0.29) is 11.9 Å². The summed E-state index contributed by atoms with van der Waals surface area (Å²) in [6.45, 7) is 6.19. The molecule has 108 valence electrons. The third-order valence-corrected chi connectivity index (χ3v) is 4.18. The topological polar surface area (TPSA) is 47.6 Å². The van der Waals surface area contributed by atoms with Gasteiger partial charge in [0.15, 0.2) is 5.58 Å². The zero-order valence-electron chi connectivity index (χ0n) is 11.5. The van der Waals surface area contributed by atoms with E-state index in [1.165, 1.54) is 0 Å². The van der Waals surface area contributed by atoms with E-state index in [1.54, 1.807) is 4.57 Å². The Labute approximate surface area is 125 Å². The number of aromatic nitrogens is 1. The summed E-state index contributed by atoms with van der Waals surface area (Å²) in [5.74, 6) is -0.315. The summed E-state index contributed by atoms with van der Waals surface area (Å²) < 4.78 is 13.5. The van der Waals surface area contributed by atoms with E-state index in [9.17, 15) is 4.79 Å². The minimum atomic E-state index is -0.315. The molecule has 0 radical (unpaired) electrons. The Kier molecular flexibility index (Phi) is 3.70. The summed E-state index contributed by atoms with van der Waals surface area (Å²) in [7, 11) is 0. The van der Waals surface area contributed by atoms with Crippen LogP contribution in [0, 0.1) is 0 Å². The van der Waals surface area contributed by atoms with Gasteiger partial charge in [-0.1, -0.05) is 15.9 Å². The van der Waals surface area contributed by atoms with E-state index in [2.05, 4.69) is 27.8 Å². The van der Waals surface area contributed by atoms with Crippen LogP contribution in [0.3, 0.4) is 0 Å². The fourth-order valence-corrected chi connectivity index (χ4v) is 2.86. The maximum atomic E-state index is 12.0. The summed E-state index contributed by atoms with van der Waals surface area (Å²) >= 11 is 3.38. The molecule has 0 N–H and O–H groups in total. The number of fused-ring (bicyclic) bond motifs is 1. The van der Waals surface area contributed by atoms with E-state index in [1.807, 2.05) is 25.1 Å². The molecule has 1 aromatic heterocycles. The average Bonchev–Trinajstić information content (AvgIpc) is 2.69. The molecule has 1 saturated heterocycles. The van der Waals surface area contributed by atoms with Crippen molar-refractivity contribution in [1.82, 2.24) is 9.47 Å². The largest absolute Gasteiger partial charge is 0.421 e. The van der Waals surface area contributed by atoms with Gasteiger partial charge in [-0.25, -0.2) is 4.79 Å². The molecule has 0 saturated carbocycles. The fourth-order valence-electron chi connectivity index (χ4n) is 2.52. The number of benzene rings is 1. The molecule has 2 aromatic rings. The monoisotopic (exact) mass is 340 g/mol. The summed E-state index contributed by atoms with van der Waals surface area (Å²) in [6.07, 6.45) is 0.189. The first-order valence-electron chi connectivity index (χ1n) is 6.69. The van der Waals surface area contributed by atoms with Crippen molar-refractivity contribution in [2.24, 2.45) is 0 Å². The molecule has 6 heteroatoms. The Bertz CT molecular complexity index is 679. The first kappa shape index (κ1) is 13.9. The number of morpholine rings is 1. The predicted octanol–water partition coefficient (Wildman–Crippen LogP) is 2.42. The highest BCUT2D eigenvalue weighted by molar-refractivity contribution is 9.10. The molecule has 1 aliphatic heterocycles. The van der Waals surface area contributed by atoms with Gasteiger partial charge in [0.1, 0.15) is 0 Å². The Balaban J connectivity index is 1.94. The SMILES string of the molecule is C[C@H]1CN(Cn2c(=O)oc3cc(Br)ccc32)[C@@H](C)CO1.